The number of benzene rings is 1. The number of nitrogens with zero attached hydrogens (tertiary/aromatic N) is 3. The number of aromatic nitrogens is 2. The van der Waals surface area contributed by atoms with Crippen molar-refractivity contribution in [3.63, 3.8) is 0 Å². The van der Waals surface area contributed by atoms with Crippen molar-refractivity contribution in [2.45, 2.75) is 12.5 Å². The standard InChI is InChI=1S/C16H17N3O3/c1-18-9-7-13(15(18)20)19-10-8-17-14(19)11-3-5-12(6-4-11)16(21)22-2/h3-6,8,10,13H,7,9H2,1-2H3. The van der Waals surface area contributed by atoms with Gasteiger partial charge in [-0.2, -0.15) is 0 Å². The van der Waals surface area contributed by atoms with Gasteiger partial charge in [0.15, 0.2) is 0 Å². The van der Waals surface area contributed by atoms with Crippen molar-refractivity contribution < 1.29 is 14.3 Å². The van der Waals surface area contributed by atoms with Crippen LogP contribution in [0.3, 0.4) is 0 Å². The lowest BCUT2D eigenvalue weighted by Crippen LogP contribution is -2.24. The summed E-state index contributed by atoms with van der Waals surface area (Å²) in [6.07, 6.45) is 4.29. The molecule has 114 valence electrons. The Morgan fingerprint density at radius 2 is 2.05 bits per heavy atom. The zero-order valence-electron chi connectivity index (χ0n) is 12.5. The Bertz CT molecular complexity index is 706. The molecule has 1 amide bonds. The zero-order chi connectivity index (χ0) is 15.7. The molecule has 1 unspecified atom stereocenters. The minimum absolute atomic E-state index is 0.102. The number of esters is 1. The molecule has 6 heteroatoms. The molecule has 6 nitrogen and oxygen atoms in total. The predicted molar refractivity (Wildman–Crippen MR) is 80.3 cm³/mol. The molecule has 1 saturated heterocycles. The van der Waals surface area contributed by atoms with Crippen LogP contribution in [0.25, 0.3) is 11.4 Å². The summed E-state index contributed by atoms with van der Waals surface area (Å²) in [4.78, 5) is 29.8. The molecular weight excluding hydrogens is 282 g/mol. The van der Waals surface area contributed by atoms with Crippen LogP contribution in [0, 0.1) is 0 Å². The number of imidazole rings is 1. The van der Waals surface area contributed by atoms with Gasteiger partial charge in [0.1, 0.15) is 11.9 Å². The first-order chi connectivity index (χ1) is 10.6. The second-order valence-corrected chi connectivity index (χ2v) is 5.29. The second kappa shape index (κ2) is 5.63. The van der Waals surface area contributed by atoms with Gasteiger partial charge in [0.2, 0.25) is 5.91 Å². The molecule has 1 aromatic heterocycles. The summed E-state index contributed by atoms with van der Waals surface area (Å²) in [5, 5.41) is 0. The van der Waals surface area contributed by atoms with Gasteiger partial charge in [0, 0.05) is 31.5 Å². The van der Waals surface area contributed by atoms with E-state index >= 15 is 0 Å². The van der Waals surface area contributed by atoms with E-state index in [0.29, 0.717) is 5.56 Å². The minimum Gasteiger partial charge on any atom is -0.465 e. The summed E-state index contributed by atoms with van der Waals surface area (Å²) in [5.74, 6) is 0.456. The van der Waals surface area contributed by atoms with Crippen LogP contribution in [0.4, 0.5) is 0 Å². The largest absolute Gasteiger partial charge is 0.465 e. The SMILES string of the molecule is COC(=O)c1ccc(-c2nccn2C2CCN(C)C2=O)cc1. The van der Waals surface area contributed by atoms with E-state index in [9.17, 15) is 9.59 Å². The van der Waals surface area contributed by atoms with E-state index in [2.05, 4.69) is 9.72 Å². The molecule has 2 heterocycles. The highest BCUT2D eigenvalue weighted by molar-refractivity contribution is 5.89. The Morgan fingerprint density at radius 3 is 2.64 bits per heavy atom. The molecule has 0 radical (unpaired) electrons. The van der Waals surface area contributed by atoms with Gasteiger partial charge >= 0.3 is 5.97 Å². The highest BCUT2D eigenvalue weighted by Gasteiger charge is 2.31. The number of amides is 1. The maximum absolute atomic E-state index is 12.2. The Kier molecular flexibility index (Phi) is 3.66. The lowest BCUT2D eigenvalue weighted by Gasteiger charge is -2.14. The molecule has 0 spiro atoms. The number of ether oxygens (including phenoxy) is 1. The van der Waals surface area contributed by atoms with Gasteiger partial charge in [-0.3, -0.25) is 4.79 Å². The van der Waals surface area contributed by atoms with Crippen LogP contribution < -0.4 is 0 Å². The minimum atomic E-state index is -0.373. The van der Waals surface area contributed by atoms with Gasteiger partial charge in [-0.25, -0.2) is 9.78 Å². The molecular formula is C16H17N3O3. The summed E-state index contributed by atoms with van der Waals surface area (Å²) in [7, 11) is 3.16. The Balaban J connectivity index is 1.92. The van der Waals surface area contributed by atoms with Crippen LogP contribution in [0.15, 0.2) is 36.7 Å². The lowest BCUT2D eigenvalue weighted by atomic mass is 10.1. The van der Waals surface area contributed by atoms with Gasteiger partial charge in [-0.1, -0.05) is 12.1 Å². The third-order valence-electron chi connectivity index (χ3n) is 3.97. The van der Waals surface area contributed by atoms with Crippen molar-refractivity contribution in [2.75, 3.05) is 20.7 Å². The third kappa shape index (κ3) is 2.36. The van der Waals surface area contributed by atoms with Gasteiger partial charge in [0.05, 0.1) is 12.7 Å². The number of carbonyl (C=O) groups is 2. The smallest absolute Gasteiger partial charge is 0.337 e. The van der Waals surface area contributed by atoms with Crippen molar-refractivity contribution in [1.29, 1.82) is 0 Å². The Labute approximate surface area is 128 Å². The fourth-order valence-electron chi connectivity index (χ4n) is 2.72. The number of carbonyl (C=O) groups excluding carboxylic acids is 2. The molecule has 0 bridgehead atoms. The highest BCUT2D eigenvalue weighted by Crippen LogP contribution is 2.28. The second-order valence-electron chi connectivity index (χ2n) is 5.29. The molecule has 0 aliphatic carbocycles. The number of hydrogen-bond acceptors (Lipinski definition) is 4. The molecule has 1 atom stereocenters. The monoisotopic (exact) mass is 299 g/mol. The van der Waals surface area contributed by atoms with Crippen LogP contribution in [0.1, 0.15) is 22.8 Å². The molecule has 2 aromatic rings. The van der Waals surface area contributed by atoms with Gasteiger partial charge in [-0.15, -0.1) is 0 Å². The van der Waals surface area contributed by atoms with Crippen molar-refractivity contribution in [2.24, 2.45) is 0 Å². The molecule has 1 fully saturated rings. The number of likely N-dealkylation sites (tertiary alicyclic amines) is 1. The maximum atomic E-state index is 12.2. The van der Waals surface area contributed by atoms with Crippen LogP contribution in [0.2, 0.25) is 0 Å². The lowest BCUT2D eigenvalue weighted by molar-refractivity contribution is -0.129. The summed E-state index contributed by atoms with van der Waals surface area (Å²) in [6.45, 7) is 0.752. The zero-order valence-corrected chi connectivity index (χ0v) is 12.5. The highest BCUT2D eigenvalue weighted by atomic mass is 16.5. The maximum Gasteiger partial charge on any atom is 0.337 e. The van der Waals surface area contributed by atoms with E-state index in [4.69, 9.17) is 0 Å². The number of likely N-dealkylation sites (N-methyl/N-ethyl adjacent to an activating group) is 1. The first-order valence-electron chi connectivity index (χ1n) is 7.08. The van der Waals surface area contributed by atoms with E-state index in [1.54, 1.807) is 23.2 Å². The third-order valence-corrected chi connectivity index (χ3v) is 3.97. The van der Waals surface area contributed by atoms with E-state index in [-0.39, 0.29) is 17.9 Å². The molecule has 0 saturated carbocycles. The van der Waals surface area contributed by atoms with E-state index in [1.807, 2.05) is 29.9 Å². The molecule has 1 aliphatic heterocycles. The Hall–Kier alpha value is -2.63. The number of rotatable bonds is 3. The van der Waals surface area contributed by atoms with E-state index in [1.165, 1.54) is 7.11 Å². The van der Waals surface area contributed by atoms with Gasteiger partial charge < -0.3 is 14.2 Å². The summed E-state index contributed by atoms with van der Waals surface area (Å²) in [5.41, 5.74) is 1.35. The van der Waals surface area contributed by atoms with Crippen molar-refractivity contribution >= 4 is 11.9 Å². The van der Waals surface area contributed by atoms with E-state index < -0.39 is 0 Å². The first kappa shape index (κ1) is 14.3. The van der Waals surface area contributed by atoms with Crippen LogP contribution in [0.5, 0.6) is 0 Å². The van der Waals surface area contributed by atoms with Crippen LogP contribution >= 0.6 is 0 Å². The molecule has 1 aliphatic rings. The van der Waals surface area contributed by atoms with Crippen molar-refractivity contribution in [3.8, 4) is 11.4 Å². The van der Waals surface area contributed by atoms with Gasteiger partial charge in [0.25, 0.3) is 0 Å². The quantitative estimate of drug-likeness (QED) is 0.810. The first-order valence-corrected chi connectivity index (χ1v) is 7.08. The predicted octanol–water partition coefficient (Wildman–Crippen LogP) is 1.74. The molecule has 22 heavy (non-hydrogen) atoms. The molecule has 3 rings (SSSR count). The Morgan fingerprint density at radius 1 is 1.32 bits per heavy atom. The van der Waals surface area contributed by atoms with E-state index in [0.717, 1.165) is 24.4 Å². The molecule has 1 aromatic carbocycles. The molecule has 0 N–H and O–H groups in total. The summed E-state index contributed by atoms with van der Waals surface area (Å²) in [6, 6.07) is 6.82. The van der Waals surface area contributed by atoms with Crippen LogP contribution in [-0.2, 0) is 9.53 Å². The fourth-order valence-corrected chi connectivity index (χ4v) is 2.72. The van der Waals surface area contributed by atoms with Crippen molar-refractivity contribution in [1.82, 2.24) is 14.5 Å². The van der Waals surface area contributed by atoms with Crippen molar-refractivity contribution in [3.05, 3.63) is 42.2 Å². The average Bonchev–Trinajstić information content (AvgIpc) is 3.14. The number of methoxy groups -OCH3 is 1. The van der Waals surface area contributed by atoms with Gasteiger partial charge in [-0.05, 0) is 18.6 Å². The number of hydrogen-bond donors (Lipinski definition) is 0. The fraction of sp³-hybridized carbons (Fsp3) is 0.312. The normalized spacial score (nSPS) is 17.8. The summed E-state index contributed by atoms with van der Waals surface area (Å²) >= 11 is 0. The topological polar surface area (TPSA) is 64.4 Å². The summed E-state index contributed by atoms with van der Waals surface area (Å²) < 4.78 is 6.59. The van der Waals surface area contributed by atoms with Crippen LogP contribution in [-0.4, -0.2) is 47.0 Å². The average molecular weight is 299 g/mol.